The van der Waals surface area contributed by atoms with Crippen molar-refractivity contribution in [1.29, 1.82) is 0 Å². The van der Waals surface area contributed by atoms with Crippen molar-refractivity contribution in [2.75, 3.05) is 20.8 Å². The fourth-order valence-corrected chi connectivity index (χ4v) is 3.43. The van der Waals surface area contributed by atoms with Crippen LogP contribution in [0.1, 0.15) is 23.1 Å². The van der Waals surface area contributed by atoms with Gasteiger partial charge in [-0.15, -0.1) is 0 Å². The molecule has 1 atom stereocenters. The molecule has 3 rings (SSSR count). The Morgan fingerprint density at radius 2 is 1.90 bits per heavy atom. The number of rotatable bonds is 8. The molecule has 0 saturated carbocycles. The number of nitrogens with zero attached hydrogens (tertiary/aromatic N) is 2. The molecule has 2 N–H and O–H groups in total. The molecule has 6 nitrogen and oxygen atoms in total. The lowest BCUT2D eigenvalue weighted by atomic mass is 9.82. The van der Waals surface area contributed by atoms with Crippen LogP contribution in [0, 0.1) is 0 Å². The minimum absolute atomic E-state index is 0.00275. The number of likely N-dealkylation sites (N-methyl/N-ethyl adjacent to an activating group) is 1. The Morgan fingerprint density at radius 3 is 2.48 bits per heavy atom. The van der Waals surface area contributed by atoms with Gasteiger partial charge in [-0.05, 0) is 41.7 Å². The molecule has 0 saturated heterocycles. The van der Waals surface area contributed by atoms with E-state index >= 15 is 0 Å². The summed E-state index contributed by atoms with van der Waals surface area (Å²) in [5.74, 6) is -0.220. The van der Waals surface area contributed by atoms with Crippen LogP contribution in [0.4, 0.5) is 8.78 Å². The van der Waals surface area contributed by atoms with Crippen LogP contribution in [0.15, 0.2) is 53.5 Å². The topological polar surface area (TPSA) is 77.2 Å². The fourth-order valence-electron chi connectivity index (χ4n) is 3.43. The molecule has 2 aromatic carbocycles. The maximum atomic E-state index is 13.2. The van der Waals surface area contributed by atoms with Crippen molar-refractivity contribution in [3.05, 3.63) is 65.2 Å². The number of methoxy groups -OCH3 is 1. The van der Waals surface area contributed by atoms with E-state index in [9.17, 15) is 13.6 Å². The molecule has 8 heteroatoms. The molecule has 0 bridgehead atoms. The molecule has 0 fully saturated rings. The number of benzene rings is 2. The van der Waals surface area contributed by atoms with Crippen LogP contribution in [0.25, 0.3) is 0 Å². The van der Waals surface area contributed by atoms with E-state index in [2.05, 4.69) is 9.73 Å². The highest BCUT2D eigenvalue weighted by Crippen LogP contribution is 2.40. The predicted molar refractivity (Wildman–Crippen MR) is 105 cm³/mol. The van der Waals surface area contributed by atoms with Gasteiger partial charge in [0.1, 0.15) is 5.75 Å². The van der Waals surface area contributed by atoms with Gasteiger partial charge in [0, 0.05) is 20.8 Å². The highest BCUT2D eigenvalue weighted by atomic mass is 19.3. The largest absolute Gasteiger partial charge is 0.435 e. The van der Waals surface area contributed by atoms with Crippen molar-refractivity contribution >= 4 is 11.9 Å². The normalized spacial score (nSPS) is 19.0. The Hall–Kier alpha value is -3.00. The standard InChI is InChI=1S/C21H23F2N3O3/c1-26-18(27)21(25-20(26)24,15-8-10-17(11-9-15)29-19(22)23)16-7-3-5-14(13-16)6-4-12-28-2/h3,5,7-11,13,19H,4,6,12H2,1-2H3,(H2,24,25). The zero-order valence-electron chi connectivity index (χ0n) is 16.3. The summed E-state index contributed by atoms with van der Waals surface area (Å²) in [6.07, 6.45) is 1.62. The zero-order valence-corrected chi connectivity index (χ0v) is 16.3. The average Bonchev–Trinajstić information content (AvgIpc) is 2.93. The summed E-state index contributed by atoms with van der Waals surface area (Å²) >= 11 is 0. The minimum atomic E-state index is -2.92. The predicted octanol–water partition coefficient (Wildman–Crippen LogP) is 2.90. The third-order valence-electron chi connectivity index (χ3n) is 4.90. The second-order valence-electron chi connectivity index (χ2n) is 6.74. The summed E-state index contributed by atoms with van der Waals surface area (Å²) in [6, 6.07) is 13.5. The van der Waals surface area contributed by atoms with Crippen molar-refractivity contribution in [3.8, 4) is 5.75 Å². The summed E-state index contributed by atoms with van der Waals surface area (Å²) in [7, 11) is 3.21. The highest BCUT2D eigenvalue weighted by Gasteiger charge is 2.49. The molecule has 2 aromatic rings. The maximum absolute atomic E-state index is 13.2. The van der Waals surface area contributed by atoms with E-state index in [4.69, 9.17) is 10.5 Å². The van der Waals surface area contributed by atoms with Gasteiger partial charge in [0.05, 0.1) is 0 Å². The maximum Gasteiger partial charge on any atom is 0.387 e. The summed E-state index contributed by atoms with van der Waals surface area (Å²) < 4.78 is 34.5. The molecule has 154 valence electrons. The van der Waals surface area contributed by atoms with Crippen molar-refractivity contribution in [2.45, 2.75) is 25.0 Å². The van der Waals surface area contributed by atoms with E-state index in [0.717, 1.165) is 18.4 Å². The SMILES string of the molecule is COCCCc1cccc(C2(c3ccc(OC(F)F)cc3)N=C(N)N(C)C2=O)c1. The number of aryl methyl sites for hydroxylation is 1. The van der Waals surface area contributed by atoms with Gasteiger partial charge in [-0.1, -0.05) is 36.4 Å². The zero-order chi connectivity index (χ0) is 21.0. The molecule has 29 heavy (non-hydrogen) atoms. The molecule has 1 aliphatic rings. The second-order valence-corrected chi connectivity index (χ2v) is 6.74. The van der Waals surface area contributed by atoms with Gasteiger partial charge in [-0.25, -0.2) is 4.99 Å². The number of halogens is 2. The van der Waals surface area contributed by atoms with Crippen molar-refractivity contribution in [3.63, 3.8) is 0 Å². The highest BCUT2D eigenvalue weighted by molar-refractivity contribution is 6.08. The first-order valence-corrected chi connectivity index (χ1v) is 9.15. The molecule has 1 heterocycles. The molecule has 0 spiro atoms. The number of hydrogen-bond donors (Lipinski definition) is 1. The van der Waals surface area contributed by atoms with Crippen molar-refractivity contribution < 1.29 is 23.0 Å². The van der Waals surface area contributed by atoms with E-state index < -0.39 is 12.2 Å². The van der Waals surface area contributed by atoms with Crippen LogP contribution in [0.5, 0.6) is 5.75 Å². The Bertz CT molecular complexity index is 902. The summed E-state index contributed by atoms with van der Waals surface area (Å²) in [5.41, 5.74) is 6.80. The van der Waals surface area contributed by atoms with E-state index in [1.54, 1.807) is 26.3 Å². The number of nitrogens with two attached hydrogens (primary N) is 1. The molecule has 1 unspecified atom stereocenters. The number of carbonyl (C=O) groups excluding carboxylic acids is 1. The number of hydrogen-bond acceptors (Lipinski definition) is 5. The van der Waals surface area contributed by atoms with Crippen molar-refractivity contribution in [1.82, 2.24) is 4.90 Å². The van der Waals surface area contributed by atoms with Gasteiger partial charge in [0.25, 0.3) is 5.91 Å². The van der Waals surface area contributed by atoms with Crippen LogP contribution < -0.4 is 10.5 Å². The van der Waals surface area contributed by atoms with Gasteiger partial charge < -0.3 is 15.2 Å². The first kappa shape index (κ1) is 20.7. The number of alkyl halides is 2. The molecule has 1 amide bonds. The summed E-state index contributed by atoms with van der Waals surface area (Å²) in [6.45, 7) is -2.29. The van der Waals surface area contributed by atoms with Gasteiger partial charge >= 0.3 is 6.61 Å². The van der Waals surface area contributed by atoms with Gasteiger partial charge in [-0.2, -0.15) is 8.78 Å². The number of ether oxygens (including phenoxy) is 2. The molecule has 0 radical (unpaired) electrons. The minimum Gasteiger partial charge on any atom is -0.435 e. The van der Waals surface area contributed by atoms with E-state index in [-0.39, 0.29) is 17.6 Å². The molecule has 0 aliphatic carbocycles. The fraction of sp³-hybridized carbons (Fsp3) is 0.333. The smallest absolute Gasteiger partial charge is 0.387 e. The monoisotopic (exact) mass is 403 g/mol. The van der Waals surface area contributed by atoms with Gasteiger partial charge in [0.15, 0.2) is 11.5 Å². The Labute approximate surface area is 167 Å². The first-order chi connectivity index (χ1) is 13.9. The van der Waals surface area contributed by atoms with E-state index in [1.165, 1.54) is 17.0 Å². The number of carbonyl (C=O) groups is 1. The lowest BCUT2D eigenvalue weighted by Crippen LogP contribution is -2.41. The quantitative estimate of drug-likeness (QED) is 0.688. The summed E-state index contributed by atoms with van der Waals surface area (Å²) in [4.78, 5) is 19.0. The van der Waals surface area contributed by atoms with Gasteiger partial charge in [0.2, 0.25) is 0 Å². The van der Waals surface area contributed by atoms with Gasteiger partial charge in [-0.3, -0.25) is 9.69 Å². The first-order valence-electron chi connectivity index (χ1n) is 9.15. The Balaban J connectivity index is 2.05. The lowest BCUT2D eigenvalue weighted by molar-refractivity contribution is -0.129. The van der Waals surface area contributed by atoms with Crippen LogP contribution in [0.2, 0.25) is 0 Å². The van der Waals surface area contributed by atoms with Crippen LogP contribution >= 0.6 is 0 Å². The van der Waals surface area contributed by atoms with Crippen LogP contribution in [-0.2, 0) is 21.5 Å². The molecule has 1 aliphatic heterocycles. The number of amides is 1. The number of aliphatic imine (C=N–C) groups is 1. The van der Waals surface area contributed by atoms with Crippen LogP contribution in [-0.4, -0.2) is 44.1 Å². The van der Waals surface area contributed by atoms with E-state index in [1.807, 2.05) is 24.3 Å². The molecular weight excluding hydrogens is 380 g/mol. The van der Waals surface area contributed by atoms with Crippen molar-refractivity contribution in [2.24, 2.45) is 10.7 Å². The number of guanidine groups is 1. The second kappa shape index (κ2) is 8.57. The lowest BCUT2D eigenvalue weighted by Gasteiger charge is -2.26. The third kappa shape index (κ3) is 4.07. The molecule has 0 aromatic heterocycles. The van der Waals surface area contributed by atoms with E-state index in [0.29, 0.717) is 17.7 Å². The Morgan fingerprint density at radius 1 is 1.17 bits per heavy atom. The molecular formula is C21H23F2N3O3. The van der Waals surface area contributed by atoms with Crippen LogP contribution in [0.3, 0.4) is 0 Å². The Kier molecular flexibility index (Phi) is 6.12. The average molecular weight is 403 g/mol. The third-order valence-corrected chi connectivity index (χ3v) is 4.90. The summed E-state index contributed by atoms with van der Waals surface area (Å²) in [5, 5.41) is 0.